The molecular formula is C18H22ClN5S. The molecular weight excluding hydrogens is 354 g/mol. The number of halogens is 1. The predicted molar refractivity (Wildman–Crippen MR) is 105 cm³/mol. The van der Waals surface area contributed by atoms with Crippen molar-refractivity contribution in [2.75, 3.05) is 18.0 Å². The zero-order valence-electron chi connectivity index (χ0n) is 14.5. The topological polar surface area (TPSA) is 46.0 Å². The Kier molecular flexibility index (Phi) is 4.67. The molecule has 1 aliphatic heterocycles. The number of fused-ring (bicyclic) bond motifs is 1. The van der Waals surface area contributed by atoms with E-state index in [0.717, 1.165) is 46.7 Å². The van der Waals surface area contributed by atoms with Gasteiger partial charge in [-0.25, -0.2) is 4.98 Å². The Morgan fingerprint density at radius 2 is 2.20 bits per heavy atom. The molecule has 1 saturated heterocycles. The lowest BCUT2D eigenvalue weighted by Crippen LogP contribution is -2.45. The van der Waals surface area contributed by atoms with Gasteiger partial charge in [0.15, 0.2) is 5.13 Å². The first-order chi connectivity index (χ1) is 12.1. The molecule has 7 heteroatoms. The van der Waals surface area contributed by atoms with E-state index in [1.807, 2.05) is 20.0 Å². The number of nitrogens with zero attached hydrogens (tertiary/aromatic N) is 4. The fourth-order valence-electron chi connectivity index (χ4n) is 3.43. The molecule has 0 radical (unpaired) electrons. The highest BCUT2D eigenvalue weighted by molar-refractivity contribution is 7.22. The van der Waals surface area contributed by atoms with E-state index in [4.69, 9.17) is 16.6 Å². The second-order valence-corrected chi connectivity index (χ2v) is 7.98. The minimum Gasteiger partial charge on any atom is -0.347 e. The van der Waals surface area contributed by atoms with Gasteiger partial charge < -0.3 is 10.2 Å². The van der Waals surface area contributed by atoms with Crippen LogP contribution >= 0.6 is 22.9 Å². The molecule has 1 atom stereocenters. The van der Waals surface area contributed by atoms with Crippen LogP contribution in [0.5, 0.6) is 0 Å². The smallest absolute Gasteiger partial charge is 0.186 e. The maximum absolute atomic E-state index is 6.34. The van der Waals surface area contributed by atoms with Gasteiger partial charge >= 0.3 is 0 Å². The summed E-state index contributed by atoms with van der Waals surface area (Å²) >= 11 is 8.12. The van der Waals surface area contributed by atoms with Gasteiger partial charge in [0, 0.05) is 38.3 Å². The van der Waals surface area contributed by atoms with Crippen LogP contribution in [0.2, 0.25) is 5.15 Å². The third-order valence-corrected chi connectivity index (χ3v) is 6.38. The number of piperidine rings is 1. The number of benzene rings is 1. The molecule has 5 nitrogen and oxygen atoms in total. The molecule has 132 valence electrons. The first-order valence-electron chi connectivity index (χ1n) is 8.63. The molecule has 4 rings (SSSR count). The quantitative estimate of drug-likeness (QED) is 0.754. The van der Waals surface area contributed by atoms with Gasteiger partial charge in [-0.1, -0.05) is 35.1 Å². The monoisotopic (exact) mass is 375 g/mol. The van der Waals surface area contributed by atoms with E-state index in [-0.39, 0.29) is 0 Å². The molecule has 2 aromatic heterocycles. The number of para-hydroxylation sites is 1. The van der Waals surface area contributed by atoms with Crippen molar-refractivity contribution in [3.8, 4) is 0 Å². The summed E-state index contributed by atoms with van der Waals surface area (Å²) in [4.78, 5) is 7.21. The molecule has 0 amide bonds. The maximum atomic E-state index is 6.34. The minimum atomic E-state index is 0.441. The average molecular weight is 376 g/mol. The summed E-state index contributed by atoms with van der Waals surface area (Å²) in [6, 6.07) is 8.79. The van der Waals surface area contributed by atoms with Crippen molar-refractivity contribution in [3.05, 3.63) is 40.7 Å². The number of aromatic nitrogens is 3. The molecule has 0 saturated carbocycles. The first-order valence-corrected chi connectivity index (χ1v) is 9.83. The van der Waals surface area contributed by atoms with Gasteiger partial charge in [-0.05, 0) is 31.9 Å². The molecule has 0 bridgehead atoms. The second-order valence-electron chi connectivity index (χ2n) is 6.61. The molecule has 1 aliphatic rings. The lowest BCUT2D eigenvalue weighted by Gasteiger charge is -2.33. The number of thiazole rings is 1. The van der Waals surface area contributed by atoms with Gasteiger partial charge in [-0.3, -0.25) is 4.68 Å². The molecule has 3 heterocycles. The SMILES string of the molecule is Cc1nn(C)c(Cl)c1CN[C@H]1CCCN(c2nc3ccccc3s2)C1. The predicted octanol–water partition coefficient (Wildman–Crippen LogP) is 3.75. The normalized spacial score (nSPS) is 18.2. The fraction of sp³-hybridized carbons (Fsp3) is 0.444. The number of nitrogens with one attached hydrogen (secondary N) is 1. The average Bonchev–Trinajstić information content (AvgIpc) is 3.15. The Morgan fingerprint density at radius 1 is 1.36 bits per heavy atom. The summed E-state index contributed by atoms with van der Waals surface area (Å²) in [5.74, 6) is 0. The van der Waals surface area contributed by atoms with Crippen LogP contribution in [0.1, 0.15) is 24.1 Å². The molecule has 0 aliphatic carbocycles. The van der Waals surface area contributed by atoms with Gasteiger partial charge in [0.25, 0.3) is 0 Å². The van der Waals surface area contributed by atoms with Gasteiger partial charge in [0.05, 0.1) is 15.9 Å². The van der Waals surface area contributed by atoms with Crippen LogP contribution in [0.25, 0.3) is 10.2 Å². The van der Waals surface area contributed by atoms with Crippen molar-refractivity contribution in [2.24, 2.45) is 7.05 Å². The maximum Gasteiger partial charge on any atom is 0.186 e. The summed E-state index contributed by atoms with van der Waals surface area (Å²) in [5, 5.41) is 9.90. The third kappa shape index (κ3) is 3.38. The van der Waals surface area contributed by atoms with Crippen molar-refractivity contribution in [1.29, 1.82) is 0 Å². The summed E-state index contributed by atoms with van der Waals surface area (Å²) in [7, 11) is 1.88. The van der Waals surface area contributed by atoms with Crippen LogP contribution < -0.4 is 10.2 Å². The molecule has 3 aromatic rings. The van der Waals surface area contributed by atoms with Crippen molar-refractivity contribution in [2.45, 2.75) is 32.4 Å². The van der Waals surface area contributed by atoms with E-state index in [1.54, 1.807) is 16.0 Å². The molecule has 1 aromatic carbocycles. The lowest BCUT2D eigenvalue weighted by atomic mass is 10.1. The van der Waals surface area contributed by atoms with E-state index in [0.29, 0.717) is 6.04 Å². The Labute approximate surface area is 156 Å². The van der Waals surface area contributed by atoms with Crippen molar-refractivity contribution in [1.82, 2.24) is 20.1 Å². The van der Waals surface area contributed by atoms with E-state index in [1.165, 1.54) is 17.5 Å². The lowest BCUT2D eigenvalue weighted by molar-refractivity contribution is 0.421. The number of anilines is 1. The highest BCUT2D eigenvalue weighted by Gasteiger charge is 2.23. The first kappa shape index (κ1) is 16.8. The fourth-order valence-corrected chi connectivity index (χ4v) is 4.68. The van der Waals surface area contributed by atoms with Crippen LogP contribution in [-0.2, 0) is 13.6 Å². The summed E-state index contributed by atoms with van der Waals surface area (Å²) in [6.45, 7) is 4.83. The third-order valence-electron chi connectivity index (χ3n) is 4.81. The van der Waals surface area contributed by atoms with Crippen LogP contribution in [0.4, 0.5) is 5.13 Å². The van der Waals surface area contributed by atoms with E-state index < -0.39 is 0 Å². The van der Waals surface area contributed by atoms with Gasteiger partial charge in [-0.2, -0.15) is 5.10 Å². The van der Waals surface area contributed by atoms with E-state index in [9.17, 15) is 0 Å². The van der Waals surface area contributed by atoms with Crippen molar-refractivity contribution in [3.63, 3.8) is 0 Å². The number of aryl methyl sites for hydroxylation is 2. The molecule has 1 N–H and O–H groups in total. The van der Waals surface area contributed by atoms with Gasteiger partial charge in [0.1, 0.15) is 5.15 Å². The molecule has 1 fully saturated rings. The Bertz CT molecular complexity index is 854. The van der Waals surface area contributed by atoms with Crippen molar-refractivity contribution >= 4 is 38.3 Å². The second kappa shape index (κ2) is 6.94. The van der Waals surface area contributed by atoms with E-state index >= 15 is 0 Å². The summed E-state index contributed by atoms with van der Waals surface area (Å²) in [6.07, 6.45) is 2.35. The zero-order chi connectivity index (χ0) is 17.4. The number of hydrogen-bond donors (Lipinski definition) is 1. The minimum absolute atomic E-state index is 0.441. The molecule has 0 spiro atoms. The van der Waals surface area contributed by atoms with Crippen LogP contribution in [0, 0.1) is 6.92 Å². The van der Waals surface area contributed by atoms with Crippen LogP contribution in [0.3, 0.4) is 0 Å². The molecule has 0 unspecified atom stereocenters. The van der Waals surface area contributed by atoms with Crippen LogP contribution in [0.15, 0.2) is 24.3 Å². The number of rotatable bonds is 4. The zero-order valence-corrected chi connectivity index (χ0v) is 16.1. The van der Waals surface area contributed by atoms with Crippen molar-refractivity contribution < 1.29 is 0 Å². The highest BCUT2D eigenvalue weighted by Crippen LogP contribution is 2.30. The van der Waals surface area contributed by atoms with Crippen LogP contribution in [-0.4, -0.2) is 33.9 Å². The highest BCUT2D eigenvalue weighted by atomic mass is 35.5. The molecule has 25 heavy (non-hydrogen) atoms. The summed E-state index contributed by atoms with van der Waals surface area (Å²) < 4.78 is 2.99. The van der Waals surface area contributed by atoms with Gasteiger partial charge in [-0.15, -0.1) is 0 Å². The number of hydrogen-bond acceptors (Lipinski definition) is 5. The largest absolute Gasteiger partial charge is 0.347 e. The summed E-state index contributed by atoms with van der Waals surface area (Å²) in [5.41, 5.74) is 3.19. The van der Waals surface area contributed by atoms with E-state index in [2.05, 4.69) is 33.5 Å². The standard InChI is InChI=1S/C18H22ClN5S/c1-12-14(17(19)23(2)22-12)10-20-13-6-5-9-24(11-13)18-21-15-7-3-4-8-16(15)25-18/h3-4,7-8,13,20H,5-6,9-11H2,1-2H3/t13-/m0/s1. The Balaban J connectivity index is 1.44. The Hall–Kier alpha value is -1.63. The van der Waals surface area contributed by atoms with Gasteiger partial charge in [0.2, 0.25) is 0 Å². The Morgan fingerprint density at radius 3 is 2.96 bits per heavy atom.